The molecule has 19 heavy (non-hydrogen) atoms. The van der Waals surface area contributed by atoms with Crippen molar-refractivity contribution in [1.82, 2.24) is 4.90 Å². The van der Waals surface area contributed by atoms with Crippen molar-refractivity contribution in [2.45, 2.75) is 18.9 Å². The predicted molar refractivity (Wildman–Crippen MR) is 79.4 cm³/mol. The van der Waals surface area contributed by atoms with Gasteiger partial charge in [-0.25, -0.2) is 0 Å². The van der Waals surface area contributed by atoms with E-state index in [0.717, 1.165) is 30.7 Å². The van der Waals surface area contributed by atoms with E-state index in [1.54, 1.807) is 0 Å². The molecule has 1 aliphatic rings. The Morgan fingerprint density at radius 2 is 2.26 bits per heavy atom. The normalized spacial score (nSPS) is 16.8. The third-order valence-corrected chi connectivity index (χ3v) is 3.86. The molecule has 4 heteroatoms. The SMILES string of the molecule is CN(CCOCC1CC1)C(CN)c1cccc(Cl)c1. The first-order valence-corrected chi connectivity index (χ1v) is 7.32. The van der Waals surface area contributed by atoms with Crippen molar-refractivity contribution in [3.05, 3.63) is 34.9 Å². The van der Waals surface area contributed by atoms with Gasteiger partial charge >= 0.3 is 0 Å². The summed E-state index contributed by atoms with van der Waals surface area (Å²) >= 11 is 6.04. The molecular formula is C15H23ClN2O. The van der Waals surface area contributed by atoms with Crippen LogP contribution in [-0.2, 0) is 4.74 Å². The predicted octanol–water partition coefficient (Wildman–Crippen LogP) is 2.70. The topological polar surface area (TPSA) is 38.5 Å². The fourth-order valence-corrected chi connectivity index (χ4v) is 2.38. The largest absolute Gasteiger partial charge is 0.380 e. The molecule has 106 valence electrons. The van der Waals surface area contributed by atoms with E-state index in [2.05, 4.69) is 18.0 Å². The van der Waals surface area contributed by atoms with E-state index in [1.807, 2.05) is 18.2 Å². The van der Waals surface area contributed by atoms with Gasteiger partial charge in [0.25, 0.3) is 0 Å². The Hall–Kier alpha value is -0.610. The van der Waals surface area contributed by atoms with Gasteiger partial charge in [-0.1, -0.05) is 23.7 Å². The van der Waals surface area contributed by atoms with Gasteiger partial charge in [-0.3, -0.25) is 4.90 Å². The van der Waals surface area contributed by atoms with Crippen LogP contribution in [0.25, 0.3) is 0 Å². The molecule has 1 atom stereocenters. The molecule has 0 heterocycles. The van der Waals surface area contributed by atoms with E-state index in [4.69, 9.17) is 22.1 Å². The molecule has 1 aliphatic carbocycles. The molecular weight excluding hydrogens is 260 g/mol. The van der Waals surface area contributed by atoms with Gasteiger partial charge in [0.15, 0.2) is 0 Å². The summed E-state index contributed by atoms with van der Waals surface area (Å²) in [6.07, 6.45) is 2.67. The van der Waals surface area contributed by atoms with Crippen LogP contribution in [0.1, 0.15) is 24.4 Å². The Labute approximate surface area is 120 Å². The number of hydrogen-bond donors (Lipinski definition) is 1. The highest BCUT2D eigenvalue weighted by Crippen LogP contribution is 2.28. The number of likely N-dealkylation sites (N-methyl/N-ethyl adjacent to an activating group) is 1. The molecule has 1 saturated carbocycles. The summed E-state index contributed by atoms with van der Waals surface area (Å²) in [6, 6.07) is 8.11. The molecule has 1 aromatic rings. The summed E-state index contributed by atoms with van der Waals surface area (Å²) in [4.78, 5) is 2.23. The maximum absolute atomic E-state index is 6.04. The number of benzene rings is 1. The van der Waals surface area contributed by atoms with Crippen LogP contribution in [0, 0.1) is 5.92 Å². The van der Waals surface area contributed by atoms with Crippen molar-refractivity contribution < 1.29 is 4.74 Å². The quantitative estimate of drug-likeness (QED) is 0.745. The van der Waals surface area contributed by atoms with Crippen molar-refractivity contribution in [3.8, 4) is 0 Å². The fourth-order valence-electron chi connectivity index (χ4n) is 2.18. The molecule has 2 N–H and O–H groups in total. The molecule has 0 aliphatic heterocycles. The van der Waals surface area contributed by atoms with Gasteiger partial charge in [-0.15, -0.1) is 0 Å². The van der Waals surface area contributed by atoms with Crippen molar-refractivity contribution in [3.63, 3.8) is 0 Å². The van der Waals surface area contributed by atoms with Crippen LogP contribution in [0.3, 0.4) is 0 Å². The highest BCUT2D eigenvalue weighted by molar-refractivity contribution is 6.30. The first-order chi connectivity index (χ1) is 9.20. The molecule has 2 rings (SSSR count). The molecule has 3 nitrogen and oxygen atoms in total. The average molecular weight is 283 g/mol. The molecule has 0 bridgehead atoms. The van der Waals surface area contributed by atoms with Gasteiger partial charge in [-0.2, -0.15) is 0 Å². The molecule has 1 fully saturated rings. The summed E-state index contributed by atoms with van der Waals surface area (Å²) in [6.45, 7) is 3.16. The van der Waals surface area contributed by atoms with E-state index in [-0.39, 0.29) is 6.04 Å². The zero-order valence-corrected chi connectivity index (χ0v) is 12.3. The van der Waals surface area contributed by atoms with Crippen molar-refractivity contribution >= 4 is 11.6 Å². The smallest absolute Gasteiger partial charge is 0.0593 e. The lowest BCUT2D eigenvalue weighted by Gasteiger charge is -2.27. The maximum atomic E-state index is 6.04. The van der Waals surface area contributed by atoms with E-state index in [9.17, 15) is 0 Å². The van der Waals surface area contributed by atoms with Crippen LogP contribution in [0.4, 0.5) is 0 Å². The Kier molecular flexibility index (Phi) is 5.64. The molecule has 0 amide bonds. The Morgan fingerprint density at radius 1 is 1.47 bits per heavy atom. The minimum absolute atomic E-state index is 0.197. The van der Waals surface area contributed by atoms with E-state index >= 15 is 0 Å². The maximum Gasteiger partial charge on any atom is 0.0593 e. The Bertz CT molecular complexity index is 395. The van der Waals surface area contributed by atoms with Gasteiger partial charge in [-0.05, 0) is 43.5 Å². The monoisotopic (exact) mass is 282 g/mol. The zero-order valence-electron chi connectivity index (χ0n) is 11.5. The van der Waals surface area contributed by atoms with Gasteiger partial charge in [0.2, 0.25) is 0 Å². The second-order valence-electron chi connectivity index (χ2n) is 5.31. The van der Waals surface area contributed by atoms with E-state index < -0.39 is 0 Å². The molecule has 0 aromatic heterocycles. The number of hydrogen-bond acceptors (Lipinski definition) is 3. The second-order valence-corrected chi connectivity index (χ2v) is 5.74. The third kappa shape index (κ3) is 4.77. The minimum atomic E-state index is 0.197. The van der Waals surface area contributed by atoms with E-state index in [0.29, 0.717) is 6.54 Å². The fraction of sp³-hybridized carbons (Fsp3) is 0.600. The summed E-state index contributed by atoms with van der Waals surface area (Å²) < 4.78 is 5.67. The van der Waals surface area contributed by atoms with E-state index in [1.165, 1.54) is 18.4 Å². The number of rotatable bonds is 8. The number of halogens is 1. The van der Waals surface area contributed by atoms with Crippen LogP contribution in [0.15, 0.2) is 24.3 Å². The highest BCUT2D eigenvalue weighted by atomic mass is 35.5. The van der Waals surface area contributed by atoms with Crippen molar-refractivity contribution in [2.75, 3.05) is 33.4 Å². The van der Waals surface area contributed by atoms with Crippen LogP contribution in [-0.4, -0.2) is 38.3 Å². The number of ether oxygens (including phenoxy) is 1. The van der Waals surface area contributed by atoms with Crippen LogP contribution in [0.5, 0.6) is 0 Å². The highest BCUT2D eigenvalue weighted by Gasteiger charge is 2.21. The molecule has 1 unspecified atom stereocenters. The lowest BCUT2D eigenvalue weighted by atomic mass is 10.1. The van der Waals surface area contributed by atoms with Crippen LogP contribution in [0.2, 0.25) is 5.02 Å². The van der Waals surface area contributed by atoms with Gasteiger partial charge in [0.1, 0.15) is 0 Å². The molecule has 0 saturated heterocycles. The van der Waals surface area contributed by atoms with Crippen molar-refractivity contribution in [2.24, 2.45) is 11.7 Å². The van der Waals surface area contributed by atoms with Crippen LogP contribution >= 0.6 is 11.6 Å². The molecule has 1 aromatic carbocycles. The number of nitrogens with zero attached hydrogens (tertiary/aromatic N) is 1. The number of nitrogens with two attached hydrogens (primary N) is 1. The van der Waals surface area contributed by atoms with Gasteiger partial charge < -0.3 is 10.5 Å². The van der Waals surface area contributed by atoms with Gasteiger partial charge in [0, 0.05) is 30.8 Å². The zero-order chi connectivity index (χ0) is 13.7. The summed E-state index contributed by atoms with van der Waals surface area (Å²) in [5.41, 5.74) is 7.06. The summed E-state index contributed by atoms with van der Waals surface area (Å²) in [5, 5.41) is 0.759. The summed E-state index contributed by atoms with van der Waals surface area (Å²) in [5.74, 6) is 0.823. The molecule has 0 radical (unpaired) electrons. The van der Waals surface area contributed by atoms with Crippen LogP contribution < -0.4 is 5.73 Å². The molecule has 0 spiro atoms. The standard InChI is InChI=1S/C15H23ClN2O/c1-18(7-8-19-11-12-5-6-12)15(10-17)13-3-2-4-14(16)9-13/h2-4,9,12,15H,5-8,10-11,17H2,1H3. The first kappa shape index (κ1) is 14.8. The lowest BCUT2D eigenvalue weighted by Crippen LogP contribution is -2.33. The second kappa shape index (κ2) is 7.25. The lowest BCUT2D eigenvalue weighted by molar-refractivity contribution is 0.0923. The average Bonchev–Trinajstić information content (AvgIpc) is 3.20. The minimum Gasteiger partial charge on any atom is -0.380 e. The van der Waals surface area contributed by atoms with Crippen molar-refractivity contribution in [1.29, 1.82) is 0 Å². The third-order valence-electron chi connectivity index (χ3n) is 3.63. The first-order valence-electron chi connectivity index (χ1n) is 6.94. The Balaban J connectivity index is 1.81. The Morgan fingerprint density at radius 3 is 2.89 bits per heavy atom. The summed E-state index contributed by atoms with van der Waals surface area (Å²) in [7, 11) is 2.08. The van der Waals surface area contributed by atoms with Gasteiger partial charge in [0.05, 0.1) is 6.61 Å².